The zero-order chi connectivity index (χ0) is 11.5. The van der Waals surface area contributed by atoms with Gasteiger partial charge in [-0.05, 0) is 6.92 Å². The van der Waals surface area contributed by atoms with Crippen LogP contribution in [0.15, 0.2) is 18.6 Å². The summed E-state index contributed by atoms with van der Waals surface area (Å²) in [6.07, 6.45) is 4.60. The second-order valence-electron chi connectivity index (χ2n) is 3.04. The van der Waals surface area contributed by atoms with Crippen molar-refractivity contribution in [3.8, 4) is 5.75 Å². The zero-order valence-corrected chi connectivity index (χ0v) is 9.01. The Morgan fingerprint density at radius 3 is 3.00 bits per heavy atom. The summed E-state index contributed by atoms with van der Waals surface area (Å²) in [5.74, 6) is 0.154. The molecule has 2 aromatic heterocycles. The van der Waals surface area contributed by atoms with E-state index in [-0.39, 0.29) is 0 Å². The number of nitrogens with zero attached hydrogens (tertiary/aromatic N) is 3. The minimum absolute atomic E-state index is 0.326. The van der Waals surface area contributed by atoms with Gasteiger partial charge in [0.1, 0.15) is 5.56 Å². The quantitative estimate of drug-likeness (QED) is 0.721. The molecular weight excluding hydrogens is 210 g/mol. The minimum atomic E-state index is -0.421. The molecule has 0 spiro atoms. The lowest BCUT2D eigenvalue weighted by Crippen LogP contribution is -2.04. The molecule has 0 amide bonds. The molecule has 2 rings (SSSR count). The highest BCUT2D eigenvalue weighted by molar-refractivity contribution is 5.95. The predicted molar refractivity (Wildman–Crippen MR) is 55.5 cm³/mol. The average molecular weight is 221 g/mol. The van der Waals surface area contributed by atoms with Crippen LogP contribution in [0.4, 0.5) is 0 Å². The highest BCUT2D eigenvalue weighted by Crippen LogP contribution is 2.13. The van der Waals surface area contributed by atoms with Gasteiger partial charge in [-0.25, -0.2) is 14.3 Å². The number of aromatic nitrogens is 3. The van der Waals surface area contributed by atoms with E-state index in [0.29, 0.717) is 23.6 Å². The summed E-state index contributed by atoms with van der Waals surface area (Å²) < 4.78 is 11.4. The normalized spacial score (nSPS) is 10.4. The fourth-order valence-electron chi connectivity index (χ4n) is 1.32. The van der Waals surface area contributed by atoms with E-state index in [4.69, 9.17) is 9.47 Å². The smallest absolute Gasteiger partial charge is 0.343 e. The average Bonchev–Trinajstić information content (AvgIpc) is 2.71. The van der Waals surface area contributed by atoms with Crippen LogP contribution >= 0.6 is 0 Å². The first-order valence-corrected chi connectivity index (χ1v) is 4.80. The van der Waals surface area contributed by atoms with Crippen LogP contribution in [0.2, 0.25) is 0 Å². The number of hydrogen-bond acceptors (Lipinski definition) is 5. The van der Waals surface area contributed by atoms with Gasteiger partial charge in [-0.1, -0.05) is 0 Å². The maximum Gasteiger partial charge on any atom is 0.343 e. The maximum atomic E-state index is 11.5. The molecule has 2 aromatic rings. The second-order valence-corrected chi connectivity index (χ2v) is 3.04. The van der Waals surface area contributed by atoms with E-state index in [2.05, 4.69) is 10.1 Å². The third kappa shape index (κ3) is 1.69. The highest BCUT2D eigenvalue weighted by atomic mass is 16.5. The number of rotatable bonds is 3. The first-order chi connectivity index (χ1) is 7.76. The molecule has 0 radical (unpaired) electrons. The van der Waals surface area contributed by atoms with Crippen molar-refractivity contribution < 1.29 is 14.3 Å². The van der Waals surface area contributed by atoms with Gasteiger partial charge in [0.15, 0.2) is 11.4 Å². The summed E-state index contributed by atoms with van der Waals surface area (Å²) >= 11 is 0. The predicted octanol–water partition coefficient (Wildman–Crippen LogP) is 0.915. The van der Waals surface area contributed by atoms with Crippen molar-refractivity contribution in [3.63, 3.8) is 0 Å². The summed E-state index contributed by atoms with van der Waals surface area (Å²) in [6.45, 7) is 2.08. The molecule has 0 N–H and O–H groups in total. The number of hydrogen-bond donors (Lipinski definition) is 0. The molecule has 0 aromatic carbocycles. The standard InChI is InChI=1S/C10H11N3O3/c1-3-16-10(14)8-5-12-13-6-7(15-2)4-11-9(8)13/h4-6H,3H2,1-2H3. The molecule has 0 saturated heterocycles. The van der Waals surface area contributed by atoms with E-state index in [9.17, 15) is 4.79 Å². The lowest BCUT2D eigenvalue weighted by Gasteiger charge is -2.00. The van der Waals surface area contributed by atoms with Crippen LogP contribution in [-0.4, -0.2) is 34.3 Å². The fourth-order valence-corrected chi connectivity index (χ4v) is 1.32. The molecule has 0 unspecified atom stereocenters. The van der Waals surface area contributed by atoms with Crippen molar-refractivity contribution in [1.82, 2.24) is 14.6 Å². The van der Waals surface area contributed by atoms with Gasteiger partial charge < -0.3 is 9.47 Å². The molecule has 0 aliphatic rings. The molecule has 0 bridgehead atoms. The Kier molecular flexibility index (Phi) is 2.72. The largest absolute Gasteiger partial charge is 0.494 e. The molecule has 84 valence electrons. The SMILES string of the molecule is CCOC(=O)c1cnn2cc(OC)cnc12. The second kappa shape index (κ2) is 4.18. The summed E-state index contributed by atoms with van der Waals surface area (Å²) in [6, 6.07) is 0. The first-order valence-electron chi connectivity index (χ1n) is 4.80. The van der Waals surface area contributed by atoms with Gasteiger partial charge in [-0.3, -0.25) is 0 Å². The number of carbonyl (C=O) groups excluding carboxylic acids is 1. The summed E-state index contributed by atoms with van der Waals surface area (Å²) in [7, 11) is 1.54. The van der Waals surface area contributed by atoms with Crippen LogP contribution < -0.4 is 4.74 Å². The van der Waals surface area contributed by atoms with Crippen LogP contribution in [0.3, 0.4) is 0 Å². The van der Waals surface area contributed by atoms with Gasteiger partial charge in [0.05, 0.1) is 32.3 Å². The fraction of sp³-hybridized carbons (Fsp3) is 0.300. The molecule has 16 heavy (non-hydrogen) atoms. The Bertz CT molecular complexity index is 521. The monoisotopic (exact) mass is 221 g/mol. The van der Waals surface area contributed by atoms with E-state index in [1.165, 1.54) is 16.9 Å². The van der Waals surface area contributed by atoms with Crippen LogP contribution in [0.1, 0.15) is 17.3 Å². The summed E-state index contributed by atoms with van der Waals surface area (Å²) in [4.78, 5) is 15.6. The van der Waals surface area contributed by atoms with Crippen molar-refractivity contribution in [2.45, 2.75) is 6.92 Å². The van der Waals surface area contributed by atoms with Crippen LogP contribution in [0.25, 0.3) is 5.65 Å². The molecule has 0 atom stereocenters. The molecule has 0 aliphatic carbocycles. The van der Waals surface area contributed by atoms with Crippen LogP contribution in [-0.2, 0) is 4.74 Å². The van der Waals surface area contributed by atoms with Gasteiger partial charge in [0, 0.05) is 0 Å². The Hall–Kier alpha value is -2.11. The molecule has 0 aliphatic heterocycles. The van der Waals surface area contributed by atoms with Crippen molar-refractivity contribution >= 4 is 11.6 Å². The van der Waals surface area contributed by atoms with Gasteiger partial charge in [-0.15, -0.1) is 0 Å². The van der Waals surface area contributed by atoms with Crippen molar-refractivity contribution in [2.75, 3.05) is 13.7 Å². The summed E-state index contributed by atoms with van der Waals surface area (Å²) in [5.41, 5.74) is 0.809. The Labute approximate surface area is 91.8 Å². The molecule has 2 heterocycles. The number of ether oxygens (including phenoxy) is 2. The van der Waals surface area contributed by atoms with E-state index >= 15 is 0 Å². The van der Waals surface area contributed by atoms with Gasteiger partial charge in [-0.2, -0.15) is 5.10 Å². The van der Waals surface area contributed by atoms with E-state index in [0.717, 1.165) is 0 Å². The third-order valence-electron chi connectivity index (χ3n) is 2.06. The van der Waals surface area contributed by atoms with Gasteiger partial charge in [0.25, 0.3) is 0 Å². The molecule has 6 nitrogen and oxygen atoms in total. The number of esters is 1. The molecule has 0 fully saturated rings. The lowest BCUT2D eigenvalue weighted by atomic mass is 10.3. The van der Waals surface area contributed by atoms with E-state index < -0.39 is 5.97 Å². The van der Waals surface area contributed by atoms with Gasteiger partial charge >= 0.3 is 5.97 Å². The molecule has 6 heteroatoms. The van der Waals surface area contributed by atoms with Crippen LogP contribution in [0.5, 0.6) is 5.75 Å². The van der Waals surface area contributed by atoms with Crippen molar-refractivity contribution in [2.24, 2.45) is 0 Å². The third-order valence-corrected chi connectivity index (χ3v) is 2.06. The van der Waals surface area contributed by atoms with Crippen LogP contribution in [0, 0.1) is 0 Å². The highest BCUT2D eigenvalue weighted by Gasteiger charge is 2.14. The first kappa shape index (κ1) is 10.4. The van der Waals surface area contributed by atoms with E-state index in [1.54, 1.807) is 20.2 Å². The van der Waals surface area contributed by atoms with Crippen molar-refractivity contribution in [3.05, 3.63) is 24.2 Å². The Balaban J connectivity index is 2.45. The van der Waals surface area contributed by atoms with Crippen molar-refractivity contribution in [1.29, 1.82) is 0 Å². The number of fused-ring (bicyclic) bond motifs is 1. The lowest BCUT2D eigenvalue weighted by molar-refractivity contribution is 0.0528. The maximum absolute atomic E-state index is 11.5. The zero-order valence-electron chi connectivity index (χ0n) is 9.01. The minimum Gasteiger partial charge on any atom is -0.494 e. The number of methoxy groups -OCH3 is 1. The molecule has 0 saturated carbocycles. The Morgan fingerprint density at radius 2 is 2.31 bits per heavy atom. The van der Waals surface area contributed by atoms with E-state index in [1.807, 2.05) is 0 Å². The number of carbonyl (C=O) groups is 1. The Morgan fingerprint density at radius 1 is 1.50 bits per heavy atom. The topological polar surface area (TPSA) is 65.7 Å². The summed E-state index contributed by atoms with van der Waals surface area (Å²) in [5, 5.41) is 4.00. The molecular formula is C10H11N3O3. The van der Waals surface area contributed by atoms with Gasteiger partial charge in [0.2, 0.25) is 0 Å².